The number of ether oxygens (including phenoxy) is 2. The van der Waals surface area contributed by atoms with Crippen molar-refractivity contribution in [2.45, 2.75) is 13.8 Å². The first kappa shape index (κ1) is 18.5. The van der Waals surface area contributed by atoms with E-state index in [1.54, 1.807) is 26.0 Å². The van der Waals surface area contributed by atoms with E-state index >= 15 is 0 Å². The summed E-state index contributed by atoms with van der Waals surface area (Å²) in [4.78, 5) is 7.71. The van der Waals surface area contributed by atoms with Gasteiger partial charge in [0, 0.05) is 6.07 Å². The van der Waals surface area contributed by atoms with Gasteiger partial charge in [0.05, 0.1) is 19.8 Å². The highest BCUT2D eigenvalue weighted by atomic mass is 16.5. The zero-order chi connectivity index (χ0) is 18.3. The molecule has 0 radical (unpaired) electrons. The molecule has 0 aliphatic carbocycles. The molecule has 0 spiro atoms. The highest BCUT2D eigenvalue weighted by Crippen LogP contribution is 2.20. The summed E-state index contributed by atoms with van der Waals surface area (Å²) >= 11 is 0. The molecule has 0 atom stereocenters. The van der Waals surface area contributed by atoms with Crippen molar-refractivity contribution >= 4 is 11.6 Å². The molecule has 0 aliphatic heterocycles. The van der Waals surface area contributed by atoms with Crippen LogP contribution in [-0.2, 0) is 0 Å². The van der Waals surface area contributed by atoms with E-state index in [-0.39, 0.29) is 11.7 Å². The fourth-order valence-corrected chi connectivity index (χ4v) is 1.87. The molecule has 0 aromatic carbocycles. The molecular weight excluding hydrogens is 308 g/mol. The van der Waals surface area contributed by atoms with E-state index in [4.69, 9.17) is 31.5 Å². The van der Waals surface area contributed by atoms with E-state index in [2.05, 4.69) is 9.97 Å². The molecule has 2 rings (SSSR count). The Morgan fingerprint density at radius 3 is 1.96 bits per heavy atom. The number of rotatable bonds is 2. The number of nitrogens with two attached hydrogens (primary N) is 2. The molecule has 2 aromatic rings. The van der Waals surface area contributed by atoms with Crippen LogP contribution in [0.25, 0.3) is 0 Å². The zero-order valence-corrected chi connectivity index (χ0v) is 13.9. The monoisotopic (exact) mass is 326 g/mol. The number of hydrogen-bond donors (Lipinski definition) is 2. The van der Waals surface area contributed by atoms with Crippen LogP contribution in [0.5, 0.6) is 11.8 Å². The Hall–Kier alpha value is -3.52. The lowest BCUT2D eigenvalue weighted by Gasteiger charge is -2.04. The standard InChI is InChI=1S/2C8H9N3O/c1-5-3-7(12-2)11-8(10)6(5)4-9;1-5-3-7(10)11-8(12-2)6(5)4-9/h2*3H,1-2H3,(H2,10,11). The van der Waals surface area contributed by atoms with Crippen molar-refractivity contribution in [3.63, 3.8) is 0 Å². The number of aryl methyl sites for hydroxylation is 2. The van der Waals surface area contributed by atoms with Gasteiger partial charge < -0.3 is 20.9 Å². The van der Waals surface area contributed by atoms with E-state index in [1.807, 2.05) is 12.1 Å². The maximum Gasteiger partial charge on any atom is 0.233 e. The van der Waals surface area contributed by atoms with Crippen molar-refractivity contribution in [2.75, 3.05) is 25.7 Å². The summed E-state index contributed by atoms with van der Waals surface area (Å²) in [5.41, 5.74) is 13.4. The van der Waals surface area contributed by atoms with Crippen LogP contribution in [0, 0.1) is 36.5 Å². The first-order valence-corrected chi connectivity index (χ1v) is 6.80. The highest BCUT2D eigenvalue weighted by Gasteiger charge is 2.08. The molecule has 24 heavy (non-hydrogen) atoms. The first-order chi connectivity index (χ1) is 11.4. The van der Waals surface area contributed by atoms with Crippen LogP contribution in [0.15, 0.2) is 12.1 Å². The maximum atomic E-state index is 8.71. The Bertz CT molecular complexity index is 798. The summed E-state index contributed by atoms with van der Waals surface area (Å²) in [6.07, 6.45) is 0. The van der Waals surface area contributed by atoms with E-state index in [0.717, 1.165) is 11.1 Å². The van der Waals surface area contributed by atoms with Gasteiger partial charge >= 0.3 is 0 Å². The largest absolute Gasteiger partial charge is 0.481 e. The lowest BCUT2D eigenvalue weighted by atomic mass is 10.1. The summed E-state index contributed by atoms with van der Waals surface area (Å²) < 4.78 is 9.76. The summed E-state index contributed by atoms with van der Waals surface area (Å²) in [6.45, 7) is 3.58. The lowest BCUT2D eigenvalue weighted by molar-refractivity contribution is 0.397. The Kier molecular flexibility index (Phi) is 6.33. The molecule has 0 unspecified atom stereocenters. The minimum Gasteiger partial charge on any atom is -0.481 e. The number of hydrogen-bond acceptors (Lipinski definition) is 8. The van der Waals surface area contributed by atoms with Gasteiger partial charge in [-0.3, -0.25) is 0 Å². The van der Waals surface area contributed by atoms with Gasteiger partial charge in [0.1, 0.15) is 29.3 Å². The molecule has 8 heteroatoms. The lowest BCUT2D eigenvalue weighted by Crippen LogP contribution is -1.99. The molecule has 4 N–H and O–H groups in total. The summed E-state index contributed by atoms with van der Waals surface area (Å²) in [6, 6.07) is 7.29. The Labute approximate surface area is 140 Å². The summed E-state index contributed by atoms with van der Waals surface area (Å²) in [5, 5.41) is 17.4. The molecule has 2 aromatic heterocycles. The predicted octanol–water partition coefficient (Wildman–Crippen LogP) is 1.70. The molecule has 124 valence electrons. The minimum absolute atomic E-state index is 0.217. The fourth-order valence-electron chi connectivity index (χ4n) is 1.87. The van der Waals surface area contributed by atoms with Crippen molar-refractivity contribution in [1.82, 2.24) is 9.97 Å². The van der Waals surface area contributed by atoms with Crippen LogP contribution < -0.4 is 20.9 Å². The van der Waals surface area contributed by atoms with E-state index in [1.165, 1.54) is 14.2 Å². The Morgan fingerprint density at radius 1 is 0.917 bits per heavy atom. The number of methoxy groups -OCH3 is 2. The number of pyridine rings is 2. The van der Waals surface area contributed by atoms with Crippen molar-refractivity contribution in [3.05, 3.63) is 34.4 Å². The van der Waals surface area contributed by atoms with Crippen molar-refractivity contribution in [3.8, 4) is 23.9 Å². The normalized spacial score (nSPS) is 9.08. The number of nitriles is 2. The van der Waals surface area contributed by atoms with Gasteiger partial charge in [-0.15, -0.1) is 0 Å². The minimum atomic E-state index is 0.217. The third-order valence-electron chi connectivity index (χ3n) is 3.05. The number of aromatic nitrogens is 2. The van der Waals surface area contributed by atoms with Gasteiger partial charge in [-0.05, 0) is 31.0 Å². The Morgan fingerprint density at radius 2 is 1.50 bits per heavy atom. The van der Waals surface area contributed by atoms with Gasteiger partial charge in [0.25, 0.3) is 0 Å². The second-order valence-electron chi connectivity index (χ2n) is 4.71. The van der Waals surface area contributed by atoms with Crippen LogP contribution in [-0.4, -0.2) is 24.2 Å². The smallest absolute Gasteiger partial charge is 0.233 e. The number of nitrogen functional groups attached to an aromatic ring is 2. The molecule has 0 fully saturated rings. The molecule has 0 bridgehead atoms. The molecular formula is C16H18N6O2. The zero-order valence-electron chi connectivity index (χ0n) is 13.9. The molecule has 0 amide bonds. The van der Waals surface area contributed by atoms with Crippen LogP contribution in [0.4, 0.5) is 11.6 Å². The van der Waals surface area contributed by atoms with Crippen LogP contribution in [0.3, 0.4) is 0 Å². The van der Waals surface area contributed by atoms with Crippen LogP contribution in [0.1, 0.15) is 22.3 Å². The van der Waals surface area contributed by atoms with Crippen molar-refractivity contribution in [1.29, 1.82) is 10.5 Å². The Balaban J connectivity index is 0.000000240. The second kappa shape index (κ2) is 8.20. The van der Waals surface area contributed by atoms with Gasteiger partial charge in [-0.1, -0.05) is 0 Å². The molecule has 0 aliphatic rings. The SMILES string of the molecule is COc1cc(C)c(C#N)c(N)n1.COc1nc(N)cc(C)c1C#N. The topological polar surface area (TPSA) is 144 Å². The predicted molar refractivity (Wildman–Crippen MR) is 89.3 cm³/mol. The fraction of sp³-hybridized carbons (Fsp3) is 0.250. The van der Waals surface area contributed by atoms with Crippen molar-refractivity contribution in [2.24, 2.45) is 0 Å². The van der Waals surface area contributed by atoms with E-state index in [0.29, 0.717) is 22.8 Å². The molecule has 0 saturated heterocycles. The average molecular weight is 326 g/mol. The molecule has 8 nitrogen and oxygen atoms in total. The van der Waals surface area contributed by atoms with Gasteiger partial charge in [-0.25, -0.2) is 0 Å². The summed E-state index contributed by atoms with van der Waals surface area (Å²) in [7, 11) is 2.97. The average Bonchev–Trinajstić information content (AvgIpc) is 2.54. The van der Waals surface area contributed by atoms with Gasteiger partial charge in [0.2, 0.25) is 11.8 Å². The summed E-state index contributed by atoms with van der Waals surface area (Å²) in [5.74, 6) is 1.30. The van der Waals surface area contributed by atoms with E-state index < -0.39 is 0 Å². The first-order valence-electron chi connectivity index (χ1n) is 6.80. The molecule has 0 saturated carbocycles. The molecule has 2 heterocycles. The maximum absolute atomic E-state index is 8.71. The van der Waals surface area contributed by atoms with Crippen LogP contribution in [0.2, 0.25) is 0 Å². The van der Waals surface area contributed by atoms with Gasteiger partial charge in [-0.2, -0.15) is 20.5 Å². The van der Waals surface area contributed by atoms with Gasteiger partial charge in [0.15, 0.2) is 0 Å². The van der Waals surface area contributed by atoms with Crippen LogP contribution >= 0.6 is 0 Å². The van der Waals surface area contributed by atoms with E-state index in [9.17, 15) is 0 Å². The van der Waals surface area contributed by atoms with Crippen molar-refractivity contribution < 1.29 is 9.47 Å². The third-order valence-corrected chi connectivity index (χ3v) is 3.05. The third kappa shape index (κ3) is 4.24. The highest BCUT2D eigenvalue weighted by molar-refractivity contribution is 5.54. The number of anilines is 2. The number of nitrogens with zero attached hydrogens (tertiary/aromatic N) is 4. The quantitative estimate of drug-likeness (QED) is 0.848. The second-order valence-corrected chi connectivity index (χ2v) is 4.71.